The van der Waals surface area contributed by atoms with Crippen molar-refractivity contribution >= 4 is 11.9 Å². The van der Waals surface area contributed by atoms with Crippen molar-refractivity contribution in [3.8, 4) is 0 Å². The van der Waals surface area contributed by atoms with E-state index in [1.165, 1.54) is 14.0 Å². The van der Waals surface area contributed by atoms with Crippen molar-refractivity contribution in [1.29, 1.82) is 0 Å². The van der Waals surface area contributed by atoms with Gasteiger partial charge in [0, 0.05) is 7.05 Å². The predicted molar refractivity (Wildman–Crippen MR) is 57.6 cm³/mol. The zero-order valence-corrected chi connectivity index (χ0v) is 10.2. The minimum absolute atomic E-state index is 0.0547. The Morgan fingerprint density at radius 1 is 1.42 bits per heavy atom. The Hall–Kier alpha value is -2.06. The summed E-state index contributed by atoms with van der Waals surface area (Å²) in [6.45, 7) is 0.783. The minimum atomic E-state index is -4.82. The second-order valence-electron chi connectivity index (χ2n) is 3.65. The third-order valence-corrected chi connectivity index (χ3v) is 2.40. The van der Waals surface area contributed by atoms with E-state index in [4.69, 9.17) is 5.11 Å². The zero-order chi connectivity index (χ0) is 14.8. The summed E-state index contributed by atoms with van der Waals surface area (Å²) in [5, 5.41) is 13.9. The van der Waals surface area contributed by atoms with Crippen LogP contribution in [0.1, 0.15) is 28.7 Å². The lowest BCUT2D eigenvalue weighted by Gasteiger charge is -2.06. The van der Waals surface area contributed by atoms with Gasteiger partial charge in [0.15, 0.2) is 5.69 Å². The summed E-state index contributed by atoms with van der Waals surface area (Å²) in [7, 11) is 1.19. The molecule has 0 bridgehead atoms. The number of aliphatic carboxylic acids is 1. The quantitative estimate of drug-likeness (QED) is 0.858. The Morgan fingerprint density at radius 3 is 2.37 bits per heavy atom. The lowest BCUT2D eigenvalue weighted by Crippen LogP contribution is -2.23. The fourth-order valence-corrected chi connectivity index (χ4v) is 1.68. The molecular weight excluding hydrogens is 267 g/mol. The second kappa shape index (κ2) is 5.29. The summed E-state index contributed by atoms with van der Waals surface area (Å²) in [5.74, 6) is -2.28. The van der Waals surface area contributed by atoms with Gasteiger partial charge in [-0.25, -0.2) is 0 Å². The molecule has 2 N–H and O–H groups in total. The molecule has 6 nitrogen and oxygen atoms in total. The van der Waals surface area contributed by atoms with E-state index in [0.29, 0.717) is 4.68 Å². The maximum absolute atomic E-state index is 12.8. The molecule has 1 aromatic rings. The van der Waals surface area contributed by atoms with Crippen molar-refractivity contribution < 1.29 is 27.9 Å². The van der Waals surface area contributed by atoms with Crippen LogP contribution in [0.3, 0.4) is 0 Å². The van der Waals surface area contributed by atoms with Crippen LogP contribution in [0, 0.1) is 0 Å². The molecular formula is C10H12F3N3O3. The molecule has 0 atom stereocenters. The van der Waals surface area contributed by atoms with Gasteiger partial charge in [-0.1, -0.05) is 6.92 Å². The van der Waals surface area contributed by atoms with Gasteiger partial charge >= 0.3 is 12.1 Å². The van der Waals surface area contributed by atoms with Gasteiger partial charge in [-0.15, -0.1) is 0 Å². The Kier molecular flexibility index (Phi) is 4.17. The van der Waals surface area contributed by atoms with Crippen LogP contribution in [0.15, 0.2) is 0 Å². The molecule has 0 saturated heterocycles. The topological polar surface area (TPSA) is 84.2 Å². The molecule has 1 amide bonds. The first-order chi connectivity index (χ1) is 8.72. The highest BCUT2D eigenvalue weighted by Gasteiger charge is 2.41. The molecule has 9 heteroatoms. The van der Waals surface area contributed by atoms with Gasteiger partial charge in [-0.05, 0) is 6.42 Å². The second-order valence-corrected chi connectivity index (χ2v) is 3.65. The number of carbonyl (C=O) groups excluding carboxylic acids is 1. The maximum atomic E-state index is 12.8. The lowest BCUT2D eigenvalue weighted by atomic mass is 10.1. The van der Waals surface area contributed by atoms with Crippen molar-refractivity contribution in [3.63, 3.8) is 0 Å². The molecule has 0 aliphatic heterocycles. The predicted octanol–water partition coefficient (Wildman–Crippen LogP) is 0.909. The number of rotatable bonds is 4. The summed E-state index contributed by atoms with van der Waals surface area (Å²) in [6.07, 6.45) is -4.77. The maximum Gasteiger partial charge on any atom is 0.435 e. The van der Waals surface area contributed by atoms with Gasteiger partial charge in [0.25, 0.3) is 5.91 Å². The van der Waals surface area contributed by atoms with Crippen LogP contribution in [0.4, 0.5) is 13.2 Å². The molecule has 1 rings (SSSR count). The van der Waals surface area contributed by atoms with Gasteiger partial charge < -0.3 is 10.4 Å². The van der Waals surface area contributed by atoms with Gasteiger partial charge in [-0.3, -0.25) is 14.3 Å². The molecule has 0 aliphatic carbocycles. The fourth-order valence-electron chi connectivity index (χ4n) is 1.68. The molecule has 0 aromatic carbocycles. The van der Waals surface area contributed by atoms with Crippen LogP contribution in [0.5, 0.6) is 0 Å². The van der Waals surface area contributed by atoms with E-state index in [-0.39, 0.29) is 12.1 Å². The number of hydrogen-bond acceptors (Lipinski definition) is 3. The number of carbonyl (C=O) groups is 2. The van der Waals surface area contributed by atoms with Crippen molar-refractivity contribution in [3.05, 3.63) is 17.0 Å². The SMILES string of the molecule is CCc1c(C(=O)NC)c(C(F)(F)F)nn1CC(=O)O. The van der Waals surface area contributed by atoms with E-state index < -0.39 is 35.9 Å². The van der Waals surface area contributed by atoms with Gasteiger partial charge in [0.2, 0.25) is 0 Å². The average molecular weight is 279 g/mol. The molecule has 106 valence electrons. The van der Waals surface area contributed by atoms with Crippen molar-refractivity contribution in [2.75, 3.05) is 7.05 Å². The molecule has 0 spiro atoms. The molecule has 1 heterocycles. The van der Waals surface area contributed by atoms with E-state index in [2.05, 4.69) is 10.4 Å². The number of alkyl halides is 3. The summed E-state index contributed by atoms with van der Waals surface area (Å²) in [4.78, 5) is 22.2. The van der Waals surface area contributed by atoms with Crippen molar-refractivity contribution in [2.24, 2.45) is 0 Å². The molecule has 0 radical (unpaired) electrons. The van der Waals surface area contributed by atoms with Crippen LogP contribution < -0.4 is 5.32 Å². The van der Waals surface area contributed by atoms with Crippen molar-refractivity contribution in [2.45, 2.75) is 26.1 Å². The number of hydrogen-bond donors (Lipinski definition) is 2. The van der Waals surface area contributed by atoms with Crippen LogP contribution in [0.2, 0.25) is 0 Å². The first-order valence-corrected chi connectivity index (χ1v) is 5.33. The Bertz CT molecular complexity index is 508. The number of carboxylic acids is 1. The third kappa shape index (κ3) is 3.04. The van der Waals surface area contributed by atoms with E-state index in [1.54, 1.807) is 0 Å². The lowest BCUT2D eigenvalue weighted by molar-refractivity contribution is -0.143. The number of halogens is 3. The first-order valence-electron chi connectivity index (χ1n) is 5.33. The van der Waals surface area contributed by atoms with Gasteiger partial charge in [-0.2, -0.15) is 18.3 Å². The number of carboxylic acid groups (broad SMARTS) is 1. The Morgan fingerprint density at radius 2 is 2.00 bits per heavy atom. The normalized spacial score (nSPS) is 11.4. The summed E-state index contributed by atoms with van der Waals surface area (Å²) in [5.41, 5.74) is -2.06. The largest absolute Gasteiger partial charge is 0.480 e. The van der Waals surface area contributed by atoms with E-state index >= 15 is 0 Å². The first kappa shape index (κ1) is 15.0. The number of amides is 1. The Labute approximate surface area is 106 Å². The van der Waals surface area contributed by atoms with Crippen LogP contribution >= 0.6 is 0 Å². The highest BCUT2D eigenvalue weighted by molar-refractivity contribution is 5.96. The smallest absolute Gasteiger partial charge is 0.435 e. The number of nitrogens with one attached hydrogen (secondary N) is 1. The summed E-state index contributed by atoms with van der Waals surface area (Å²) < 4.78 is 39.1. The molecule has 0 saturated carbocycles. The van der Waals surface area contributed by atoms with Gasteiger partial charge in [0.05, 0.1) is 11.3 Å². The van der Waals surface area contributed by atoms with E-state index in [9.17, 15) is 22.8 Å². The highest BCUT2D eigenvalue weighted by Crippen LogP contribution is 2.32. The summed E-state index contributed by atoms with van der Waals surface area (Å²) >= 11 is 0. The molecule has 0 unspecified atom stereocenters. The van der Waals surface area contributed by atoms with Gasteiger partial charge in [0.1, 0.15) is 6.54 Å². The van der Waals surface area contributed by atoms with E-state index in [0.717, 1.165) is 0 Å². The molecule has 0 fully saturated rings. The molecule has 0 aliphatic rings. The van der Waals surface area contributed by atoms with Crippen LogP contribution in [-0.2, 0) is 23.9 Å². The highest BCUT2D eigenvalue weighted by atomic mass is 19.4. The fraction of sp³-hybridized carbons (Fsp3) is 0.500. The average Bonchev–Trinajstić information content (AvgIpc) is 2.65. The monoisotopic (exact) mass is 279 g/mol. The molecule has 19 heavy (non-hydrogen) atoms. The minimum Gasteiger partial charge on any atom is -0.480 e. The van der Waals surface area contributed by atoms with Crippen molar-refractivity contribution in [1.82, 2.24) is 15.1 Å². The Balaban J connectivity index is 3.50. The third-order valence-electron chi connectivity index (χ3n) is 2.40. The van der Waals surface area contributed by atoms with E-state index in [1.807, 2.05) is 0 Å². The van der Waals surface area contributed by atoms with Crippen LogP contribution in [-0.4, -0.2) is 33.8 Å². The summed E-state index contributed by atoms with van der Waals surface area (Å²) in [6, 6.07) is 0. The molecule has 1 aromatic heterocycles. The number of aromatic nitrogens is 2. The number of nitrogens with zero attached hydrogens (tertiary/aromatic N) is 2. The van der Waals surface area contributed by atoms with Crippen LogP contribution in [0.25, 0.3) is 0 Å². The standard InChI is InChI=1S/C10H12F3N3O3/c1-3-5-7(9(19)14-2)8(10(11,12)13)15-16(5)4-6(17)18/h3-4H2,1-2H3,(H,14,19)(H,17,18). The zero-order valence-electron chi connectivity index (χ0n) is 10.2.